The zero-order chi connectivity index (χ0) is 22.8. The molecule has 1 saturated carbocycles. The second-order valence-corrected chi connectivity index (χ2v) is 8.85. The fourth-order valence-corrected chi connectivity index (χ4v) is 3.71. The van der Waals surface area contributed by atoms with E-state index in [1.807, 2.05) is 83.2 Å². The van der Waals surface area contributed by atoms with Crippen LogP contribution in [0.5, 0.6) is 0 Å². The number of aliphatic hydroxyl groups excluding tert-OH is 1. The molecule has 1 fully saturated rings. The highest BCUT2D eigenvalue weighted by atomic mass is 16.3. The quantitative estimate of drug-likeness (QED) is 0.246. The lowest BCUT2D eigenvalue weighted by atomic mass is 9.65. The zero-order valence-corrected chi connectivity index (χ0v) is 19.1. The lowest BCUT2D eigenvalue weighted by Crippen LogP contribution is -2.45. The third-order valence-electron chi connectivity index (χ3n) is 5.02. The summed E-state index contributed by atoms with van der Waals surface area (Å²) < 4.78 is 0. The molecule has 30 heavy (non-hydrogen) atoms. The molecule has 1 aliphatic rings. The van der Waals surface area contributed by atoms with Gasteiger partial charge < -0.3 is 10.2 Å². The predicted molar refractivity (Wildman–Crippen MR) is 126 cm³/mol. The van der Waals surface area contributed by atoms with Crippen molar-refractivity contribution in [2.45, 2.75) is 66.1 Å². The Morgan fingerprint density at radius 2 is 1.43 bits per heavy atom. The second-order valence-electron chi connectivity index (χ2n) is 8.85. The fourth-order valence-electron chi connectivity index (χ4n) is 3.71. The SMILES string of the molecule is C\C(C=C=C1C(C)(C)CC(O)CC1(C)O)=C/C=C/C(C)=C/C=C/C=C(C)/C=C/C=O. The van der Waals surface area contributed by atoms with E-state index < -0.39 is 11.7 Å². The van der Waals surface area contributed by atoms with Crippen molar-refractivity contribution in [3.63, 3.8) is 0 Å². The topological polar surface area (TPSA) is 57.5 Å². The summed E-state index contributed by atoms with van der Waals surface area (Å²) in [4.78, 5) is 10.3. The Balaban J connectivity index is 2.85. The van der Waals surface area contributed by atoms with Gasteiger partial charge in [-0.05, 0) is 57.3 Å². The maximum absolute atomic E-state index is 10.7. The summed E-state index contributed by atoms with van der Waals surface area (Å²) in [5, 5.41) is 20.8. The summed E-state index contributed by atoms with van der Waals surface area (Å²) in [6.45, 7) is 11.8. The summed E-state index contributed by atoms with van der Waals surface area (Å²) >= 11 is 0. The minimum atomic E-state index is -1.05. The largest absolute Gasteiger partial charge is 0.393 e. The van der Waals surface area contributed by atoms with E-state index in [-0.39, 0.29) is 5.41 Å². The summed E-state index contributed by atoms with van der Waals surface area (Å²) in [7, 11) is 0. The molecule has 0 aromatic heterocycles. The molecule has 0 aromatic carbocycles. The second kappa shape index (κ2) is 11.7. The van der Waals surface area contributed by atoms with Crippen molar-refractivity contribution >= 4 is 6.29 Å². The van der Waals surface area contributed by atoms with Crippen LogP contribution in [0.4, 0.5) is 0 Å². The van der Waals surface area contributed by atoms with Crippen molar-refractivity contribution in [2.75, 3.05) is 0 Å². The number of aldehydes is 1. The van der Waals surface area contributed by atoms with Crippen LogP contribution >= 0.6 is 0 Å². The molecule has 3 heteroatoms. The van der Waals surface area contributed by atoms with Crippen LogP contribution in [0.1, 0.15) is 54.4 Å². The maximum Gasteiger partial charge on any atom is 0.142 e. The van der Waals surface area contributed by atoms with Gasteiger partial charge in [-0.15, -0.1) is 5.73 Å². The van der Waals surface area contributed by atoms with Gasteiger partial charge in [0.25, 0.3) is 0 Å². The number of hydrogen-bond donors (Lipinski definition) is 2. The smallest absolute Gasteiger partial charge is 0.142 e. The van der Waals surface area contributed by atoms with Gasteiger partial charge >= 0.3 is 0 Å². The Labute approximate surface area is 181 Å². The standard InChI is InChI=1S/C27H36O3/c1-21(11-7-8-12-22(2)15-10-18-28)13-9-14-23(3)16-17-25-26(4,5)19-24(29)20-27(25,6)30/h7-16,18,24,29-30H,19-20H2,1-6H3/b8-7+,13-9+,15-10+,21-11+,22-12+,23-14+. The number of hydrogen-bond acceptors (Lipinski definition) is 3. The van der Waals surface area contributed by atoms with Crippen LogP contribution in [0.15, 0.2) is 88.8 Å². The molecule has 0 spiro atoms. The van der Waals surface area contributed by atoms with E-state index in [4.69, 9.17) is 0 Å². The average Bonchev–Trinajstić information content (AvgIpc) is 2.61. The van der Waals surface area contributed by atoms with Crippen LogP contribution in [-0.2, 0) is 4.79 Å². The first-order valence-corrected chi connectivity index (χ1v) is 10.3. The Kier molecular flexibility index (Phi) is 9.95. The van der Waals surface area contributed by atoms with Crippen LogP contribution in [0.2, 0.25) is 0 Å². The third-order valence-corrected chi connectivity index (χ3v) is 5.02. The molecule has 3 nitrogen and oxygen atoms in total. The van der Waals surface area contributed by atoms with Crippen molar-refractivity contribution in [3.05, 3.63) is 88.8 Å². The van der Waals surface area contributed by atoms with E-state index in [1.54, 1.807) is 13.0 Å². The molecule has 0 bridgehead atoms. The average molecular weight is 409 g/mol. The van der Waals surface area contributed by atoms with Gasteiger partial charge in [0.15, 0.2) is 0 Å². The lowest BCUT2D eigenvalue weighted by Gasteiger charge is -2.43. The molecule has 2 atom stereocenters. The fraction of sp³-hybridized carbons (Fsp3) is 0.407. The summed E-state index contributed by atoms with van der Waals surface area (Å²) in [5.74, 6) is 0. The van der Waals surface area contributed by atoms with Crippen LogP contribution in [0.3, 0.4) is 0 Å². The molecule has 0 amide bonds. The molecule has 0 aliphatic heterocycles. The van der Waals surface area contributed by atoms with Crippen LogP contribution < -0.4 is 0 Å². The number of rotatable bonds is 7. The maximum atomic E-state index is 10.7. The molecular weight excluding hydrogens is 372 g/mol. The van der Waals surface area contributed by atoms with Gasteiger partial charge in [0, 0.05) is 12.0 Å². The normalized spacial score (nSPS) is 25.9. The summed E-state index contributed by atoms with van der Waals surface area (Å²) in [6, 6.07) is 0. The van der Waals surface area contributed by atoms with Crippen molar-refractivity contribution in [3.8, 4) is 0 Å². The highest BCUT2D eigenvalue weighted by molar-refractivity contribution is 5.65. The van der Waals surface area contributed by atoms with Crippen molar-refractivity contribution in [2.24, 2.45) is 5.41 Å². The van der Waals surface area contributed by atoms with Gasteiger partial charge in [0.2, 0.25) is 0 Å². The first-order chi connectivity index (χ1) is 14.0. The van der Waals surface area contributed by atoms with E-state index in [9.17, 15) is 15.0 Å². The number of carbonyl (C=O) groups excluding carboxylic acids is 1. The summed E-state index contributed by atoms with van der Waals surface area (Å²) in [6.07, 6.45) is 20.2. The predicted octanol–water partition coefficient (Wildman–Crippen LogP) is 5.71. The van der Waals surface area contributed by atoms with Crippen LogP contribution in [0, 0.1) is 5.41 Å². The van der Waals surface area contributed by atoms with Crippen molar-refractivity contribution < 1.29 is 15.0 Å². The molecule has 162 valence electrons. The minimum Gasteiger partial charge on any atom is -0.393 e. The van der Waals surface area contributed by atoms with Gasteiger partial charge in [0.05, 0.1) is 11.7 Å². The molecule has 2 N–H and O–H groups in total. The van der Waals surface area contributed by atoms with E-state index >= 15 is 0 Å². The molecule has 2 unspecified atom stereocenters. The van der Waals surface area contributed by atoms with Crippen LogP contribution in [0.25, 0.3) is 0 Å². The highest BCUT2D eigenvalue weighted by Crippen LogP contribution is 2.45. The van der Waals surface area contributed by atoms with Gasteiger partial charge in [-0.1, -0.05) is 73.6 Å². The zero-order valence-electron chi connectivity index (χ0n) is 19.1. The number of carbonyl (C=O) groups is 1. The monoisotopic (exact) mass is 408 g/mol. The summed E-state index contributed by atoms with van der Waals surface area (Å²) in [5.41, 5.74) is 5.94. The van der Waals surface area contributed by atoms with Crippen LogP contribution in [-0.4, -0.2) is 28.2 Å². The molecule has 0 saturated heterocycles. The Hall–Kier alpha value is -2.45. The Bertz CT molecular complexity index is 829. The van der Waals surface area contributed by atoms with Crippen molar-refractivity contribution in [1.29, 1.82) is 0 Å². The third kappa shape index (κ3) is 8.92. The van der Waals surface area contributed by atoms with Gasteiger partial charge in [0.1, 0.15) is 6.29 Å². The minimum absolute atomic E-state index is 0.296. The number of aliphatic hydroxyl groups is 2. The van der Waals surface area contributed by atoms with E-state index in [0.29, 0.717) is 12.8 Å². The molecule has 0 aromatic rings. The molecule has 1 rings (SSSR count). The first kappa shape index (κ1) is 25.6. The Morgan fingerprint density at radius 3 is 1.97 bits per heavy atom. The molecule has 0 heterocycles. The highest BCUT2D eigenvalue weighted by Gasteiger charge is 2.44. The number of allylic oxidation sites excluding steroid dienone is 12. The first-order valence-electron chi connectivity index (χ1n) is 10.3. The molecule has 0 radical (unpaired) electrons. The Morgan fingerprint density at radius 1 is 0.900 bits per heavy atom. The van der Waals surface area contributed by atoms with E-state index in [2.05, 4.69) is 5.73 Å². The van der Waals surface area contributed by atoms with Gasteiger partial charge in [-0.25, -0.2) is 0 Å². The van der Waals surface area contributed by atoms with Crippen molar-refractivity contribution in [1.82, 2.24) is 0 Å². The van der Waals surface area contributed by atoms with E-state index in [0.717, 1.165) is 28.6 Å². The van der Waals surface area contributed by atoms with Gasteiger partial charge in [-0.3, -0.25) is 4.79 Å². The molecule has 1 aliphatic carbocycles. The lowest BCUT2D eigenvalue weighted by molar-refractivity contribution is -0.104. The van der Waals surface area contributed by atoms with Gasteiger partial charge in [-0.2, -0.15) is 0 Å². The molecular formula is C27H36O3. The van der Waals surface area contributed by atoms with E-state index in [1.165, 1.54) is 6.08 Å².